The molecule has 3 aromatic carbocycles. The predicted octanol–water partition coefficient (Wildman–Crippen LogP) is 6.23. The highest BCUT2D eigenvalue weighted by molar-refractivity contribution is 7.99. The van der Waals surface area contributed by atoms with Gasteiger partial charge in [0.2, 0.25) is 5.91 Å². The molecule has 0 aliphatic carbocycles. The Bertz CT molecular complexity index is 1290. The lowest BCUT2D eigenvalue weighted by molar-refractivity contribution is -0.113. The Morgan fingerprint density at radius 3 is 2.58 bits per heavy atom. The van der Waals surface area contributed by atoms with Crippen molar-refractivity contribution in [1.29, 1.82) is 0 Å². The summed E-state index contributed by atoms with van der Waals surface area (Å²) in [7, 11) is 0. The van der Waals surface area contributed by atoms with Gasteiger partial charge >= 0.3 is 0 Å². The Morgan fingerprint density at radius 2 is 1.82 bits per heavy atom. The van der Waals surface area contributed by atoms with Gasteiger partial charge in [-0.15, -0.1) is 16.8 Å². The van der Waals surface area contributed by atoms with Crippen LogP contribution in [0.25, 0.3) is 10.8 Å². The number of thioether (sulfide) groups is 1. The van der Waals surface area contributed by atoms with Gasteiger partial charge in [-0.1, -0.05) is 77.4 Å². The van der Waals surface area contributed by atoms with E-state index >= 15 is 0 Å². The van der Waals surface area contributed by atoms with E-state index < -0.39 is 0 Å². The van der Waals surface area contributed by atoms with Gasteiger partial charge < -0.3 is 10.1 Å². The number of nitrogens with zero attached hydrogens (tertiary/aromatic N) is 3. The first-order valence-electron chi connectivity index (χ1n) is 10.1. The summed E-state index contributed by atoms with van der Waals surface area (Å²) in [5.41, 5.74) is 0.392. The molecule has 0 aliphatic rings. The van der Waals surface area contributed by atoms with E-state index in [0.717, 1.165) is 16.5 Å². The van der Waals surface area contributed by atoms with Gasteiger partial charge in [-0.2, -0.15) is 0 Å². The van der Waals surface area contributed by atoms with Crippen LogP contribution in [0.15, 0.2) is 78.5 Å². The van der Waals surface area contributed by atoms with E-state index in [2.05, 4.69) is 28.2 Å². The second-order valence-electron chi connectivity index (χ2n) is 7.03. The highest BCUT2D eigenvalue weighted by Gasteiger charge is 2.15. The molecule has 0 spiro atoms. The quantitative estimate of drug-likeness (QED) is 0.218. The standard InChI is InChI=1S/C24H20Cl2N4O2S/c1-2-12-30-21(14-32-18-11-10-16-6-3-4-7-17(16)13-18)28-29-24(30)33-15-22(31)27-23-19(25)8-5-9-20(23)26/h2-11,13H,1,12,14-15H2,(H,27,31). The molecule has 1 amide bonds. The second kappa shape index (κ2) is 10.7. The molecule has 0 atom stereocenters. The number of ether oxygens (including phenoxy) is 1. The van der Waals surface area contributed by atoms with Crippen molar-refractivity contribution in [2.75, 3.05) is 11.1 Å². The minimum Gasteiger partial charge on any atom is -0.486 e. The normalized spacial score (nSPS) is 10.8. The molecule has 4 aromatic rings. The van der Waals surface area contributed by atoms with Crippen LogP contribution in [0.1, 0.15) is 5.82 Å². The van der Waals surface area contributed by atoms with Gasteiger partial charge in [0.15, 0.2) is 11.0 Å². The first-order chi connectivity index (χ1) is 16.0. The Labute approximate surface area is 205 Å². The zero-order valence-corrected chi connectivity index (χ0v) is 19.8. The lowest BCUT2D eigenvalue weighted by Crippen LogP contribution is -2.15. The number of aromatic nitrogens is 3. The summed E-state index contributed by atoms with van der Waals surface area (Å²) in [5, 5.41) is 14.8. The summed E-state index contributed by atoms with van der Waals surface area (Å²) in [6, 6.07) is 19.1. The van der Waals surface area contributed by atoms with Crippen LogP contribution in [-0.2, 0) is 17.9 Å². The Hall–Kier alpha value is -3.00. The molecular formula is C24H20Cl2N4O2S. The highest BCUT2D eigenvalue weighted by atomic mass is 35.5. The van der Waals surface area contributed by atoms with Gasteiger partial charge in [-0.25, -0.2) is 0 Å². The minimum absolute atomic E-state index is 0.113. The third-order valence-electron chi connectivity index (χ3n) is 4.75. The molecule has 168 valence electrons. The van der Waals surface area contributed by atoms with Gasteiger partial charge in [0.1, 0.15) is 12.4 Å². The molecule has 4 rings (SSSR count). The van der Waals surface area contributed by atoms with Crippen LogP contribution in [-0.4, -0.2) is 26.4 Å². The molecule has 0 aliphatic heterocycles. The largest absolute Gasteiger partial charge is 0.486 e. The maximum absolute atomic E-state index is 12.4. The molecule has 0 unspecified atom stereocenters. The lowest BCUT2D eigenvalue weighted by Gasteiger charge is -2.11. The number of hydrogen-bond acceptors (Lipinski definition) is 5. The van der Waals surface area contributed by atoms with Crippen molar-refractivity contribution >= 4 is 57.3 Å². The van der Waals surface area contributed by atoms with Crippen molar-refractivity contribution in [2.24, 2.45) is 0 Å². The summed E-state index contributed by atoms with van der Waals surface area (Å²) >= 11 is 13.5. The highest BCUT2D eigenvalue weighted by Crippen LogP contribution is 2.30. The van der Waals surface area contributed by atoms with E-state index in [4.69, 9.17) is 27.9 Å². The van der Waals surface area contributed by atoms with Crippen LogP contribution in [0.5, 0.6) is 5.75 Å². The number of fused-ring (bicyclic) bond motifs is 1. The number of hydrogen-bond donors (Lipinski definition) is 1. The van der Waals surface area contributed by atoms with Crippen LogP contribution in [0.2, 0.25) is 10.0 Å². The molecule has 0 radical (unpaired) electrons. The molecule has 0 saturated heterocycles. The number of nitrogens with one attached hydrogen (secondary N) is 1. The van der Waals surface area contributed by atoms with Crippen LogP contribution in [0.4, 0.5) is 5.69 Å². The van der Waals surface area contributed by atoms with Gasteiger partial charge in [0, 0.05) is 6.54 Å². The maximum Gasteiger partial charge on any atom is 0.234 e. The fourth-order valence-corrected chi connectivity index (χ4v) is 4.43. The van der Waals surface area contributed by atoms with Gasteiger partial charge in [0.25, 0.3) is 0 Å². The average molecular weight is 499 g/mol. The van der Waals surface area contributed by atoms with Gasteiger partial charge in [0.05, 0.1) is 21.5 Å². The van der Waals surface area contributed by atoms with E-state index in [9.17, 15) is 4.79 Å². The lowest BCUT2D eigenvalue weighted by atomic mass is 10.1. The van der Waals surface area contributed by atoms with E-state index in [-0.39, 0.29) is 18.3 Å². The summed E-state index contributed by atoms with van der Waals surface area (Å²) in [6.45, 7) is 4.53. The number of allylic oxidation sites excluding steroid dienone is 1. The van der Waals surface area contributed by atoms with Crippen molar-refractivity contribution in [3.8, 4) is 5.75 Å². The van der Waals surface area contributed by atoms with E-state index in [1.165, 1.54) is 11.8 Å². The molecule has 0 bridgehead atoms. The third kappa shape index (κ3) is 5.68. The van der Waals surface area contributed by atoms with Crippen molar-refractivity contribution in [2.45, 2.75) is 18.3 Å². The number of halogens is 2. The molecule has 6 nitrogen and oxygen atoms in total. The summed E-state index contributed by atoms with van der Waals surface area (Å²) in [6.07, 6.45) is 1.75. The van der Waals surface area contributed by atoms with Crippen molar-refractivity contribution in [1.82, 2.24) is 14.8 Å². The first kappa shape index (κ1) is 23.2. The fraction of sp³-hybridized carbons (Fsp3) is 0.125. The number of rotatable bonds is 9. The van der Waals surface area contributed by atoms with E-state index in [0.29, 0.717) is 33.3 Å². The number of carbonyl (C=O) groups is 1. The molecular weight excluding hydrogens is 479 g/mol. The summed E-state index contributed by atoms with van der Waals surface area (Å²) < 4.78 is 7.83. The van der Waals surface area contributed by atoms with Crippen molar-refractivity contribution < 1.29 is 9.53 Å². The number of para-hydroxylation sites is 1. The Kier molecular flexibility index (Phi) is 7.54. The monoisotopic (exact) mass is 498 g/mol. The zero-order valence-electron chi connectivity index (χ0n) is 17.5. The maximum atomic E-state index is 12.4. The first-order valence-corrected chi connectivity index (χ1v) is 11.8. The SMILES string of the molecule is C=CCn1c(COc2ccc3ccccc3c2)nnc1SCC(=O)Nc1c(Cl)cccc1Cl. The van der Waals surface area contributed by atoms with Crippen molar-refractivity contribution in [3.63, 3.8) is 0 Å². The molecule has 0 saturated carbocycles. The van der Waals surface area contributed by atoms with E-state index in [1.807, 2.05) is 41.0 Å². The third-order valence-corrected chi connectivity index (χ3v) is 6.35. The number of anilines is 1. The Morgan fingerprint density at radius 1 is 1.06 bits per heavy atom. The number of benzene rings is 3. The number of carbonyl (C=O) groups excluding carboxylic acids is 1. The fourth-order valence-electron chi connectivity index (χ4n) is 3.17. The Balaban J connectivity index is 1.41. The van der Waals surface area contributed by atoms with Crippen molar-refractivity contribution in [3.05, 3.63) is 89.2 Å². The van der Waals surface area contributed by atoms with E-state index in [1.54, 1.807) is 24.3 Å². The van der Waals surface area contributed by atoms with Gasteiger partial charge in [-0.3, -0.25) is 9.36 Å². The molecule has 1 aromatic heterocycles. The smallest absolute Gasteiger partial charge is 0.234 e. The van der Waals surface area contributed by atoms with Crippen LogP contribution >= 0.6 is 35.0 Å². The van der Waals surface area contributed by atoms with Crippen LogP contribution < -0.4 is 10.1 Å². The van der Waals surface area contributed by atoms with Crippen LogP contribution in [0.3, 0.4) is 0 Å². The summed E-state index contributed by atoms with van der Waals surface area (Å²) in [5.74, 6) is 1.24. The second-order valence-corrected chi connectivity index (χ2v) is 8.79. The van der Waals surface area contributed by atoms with Crippen LogP contribution in [0, 0.1) is 0 Å². The minimum atomic E-state index is -0.253. The molecule has 0 fully saturated rings. The molecule has 9 heteroatoms. The molecule has 1 heterocycles. The summed E-state index contributed by atoms with van der Waals surface area (Å²) in [4.78, 5) is 12.4. The predicted molar refractivity (Wildman–Crippen MR) is 134 cm³/mol. The topological polar surface area (TPSA) is 69.0 Å². The number of amides is 1. The molecule has 1 N–H and O–H groups in total. The average Bonchev–Trinajstić information content (AvgIpc) is 3.20. The molecule has 33 heavy (non-hydrogen) atoms. The zero-order chi connectivity index (χ0) is 23.2. The van der Waals surface area contributed by atoms with Gasteiger partial charge in [-0.05, 0) is 35.0 Å².